The fourth-order valence-corrected chi connectivity index (χ4v) is 4.27. The van der Waals surface area contributed by atoms with E-state index >= 15 is 0 Å². The lowest BCUT2D eigenvalue weighted by Crippen LogP contribution is -2.11. The molecular weight excluding hydrogens is 399 g/mol. The zero-order valence-electron chi connectivity index (χ0n) is 14.8. The topological polar surface area (TPSA) is 85.6 Å². The van der Waals surface area contributed by atoms with Crippen molar-refractivity contribution in [2.75, 3.05) is 5.32 Å². The monoisotopic (exact) mass is 416 g/mol. The number of rotatable bonds is 8. The Labute approximate surface area is 169 Å². The molecule has 2 aromatic heterocycles. The van der Waals surface area contributed by atoms with Crippen LogP contribution in [-0.2, 0) is 12.3 Å². The van der Waals surface area contributed by atoms with Gasteiger partial charge in [-0.3, -0.25) is 4.79 Å². The number of nitrogens with one attached hydrogen (secondary N) is 1. The van der Waals surface area contributed by atoms with Gasteiger partial charge in [-0.15, -0.1) is 27.0 Å². The van der Waals surface area contributed by atoms with Gasteiger partial charge in [0.2, 0.25) is 5.01 Å². The minimum atomic E-state index is -0.369. The second-order valence-corrected chi connectivity index (χ2v) is 8.27. The van der Waals surface area contributed by atoms with Gasteiger partial charge in [0, 0.05) is 18.2 Å². The molecule has 7 nitrogen and oxygen atoms in total. The van der Waals surface area contributed by atoms with Crippen molar-refractivity contribution >= 4 is 34.7 Å². The standard InChI is InChI=1S/C18H17FN6OS2/c1-2-9-25-15(11-3-4-11)22-24-18(25)27-10-14-21-23-17(28-14)16(26)20-13-7-5-12(19)6-8-13/h2,5-8,11H,1,3-4,9-10H2,(H,20,26). The van der Waals surface area contributed by atoms with E-state index in [1.807, 2.05) is 6.08 Å². The summed E-state index contributed by atoms with van der Waals surface area (Å²) in [6.07, 6.45) is 4.15. The Hall–Kier alpha value is -2.59. The van der Waals surface area contributed by atoms with Gasteiger partial charge in [0.15, 0.2) is 5.16 Å². The van der Waals surface area contributed by atoms with Crippen molar-refractivity contribution in [1.82, 2.24) is 25.0 Å². The summed E-state index contributed by atoms with van der Waals surface area (Å²) in [5.41, 5.74) is 0.502. The van der Waals surface area contributed by atoms with E-state index in [9.17, 15) is 9.18 Å². The summed E-state index contributed by atoms with van der Waals surface area (Å²) in [6, 6.07) is 5.56. The molecule has 1 aliphatic rings. The highest BCUT2D eigenvalue weighted by Gasteiger charge is 2.30. The maximum absolute atomic E-state index is 12.9. The SMILES string of the molecule is C=CCn1c(SCc2nnc(C(=O)Nc3ccc(F)cc3)s2)nnc1C1CC1. The van der Waals surface area contributed by atoms with E-state index in [4.69, 9.17) is 0 Å². The van der Waals surface area contributed by atoms with Crippen LogP contribution in [0.2, 0.25) is 0 Å². The summed E-state index contributed by atoms with van der Waals surface area (Å²) < 4.78 is 15.0. The molecule has 1 aliphatic carbocycles. The second kappa shape index (κ2) is 8.19. The molecule has 0 bridgehead atoms. The number of hydrogen-bond acceptors (Lipinski definition) is 7. The summed E-state index contributed by atoms with van der Waals surface area (Å²) >= 11 is 2.73. The van der Waals surface area contributed by atoms with Crippen LogP contribution in [0.15, 0.2) is 42.1 Å². The number of carbonyl (C=O) groups excluding carboxylic acids is 1. The molecule has 0 spiro atoms. The van der Waals surface area contributed by atoms with Crippen LogP contribution in [0, 0.1) is 5.82 Å². The maximum Gasteiger partial charge on any atom is 0.286 e. The average molecular weight is 417 g/mol. The van der Waals surface area contributed by atoms with Gasteiger partial charge in [-0.2, -0.15) is 0 Å². The smallest absolute Gasteiger partial charge is 0.286 e. The number of amides is 1. The van der Waals surface area contributed by atoms with Crippen LogP contribution in [0.1, 0.15) is 39.4 Å². The lowest BCUT2D eigenvalue weighted by molar-refractivity contribution is 0.102. The van der Waals surface area contributed by atoms with Gasteiger partial charge < -0.3 is 9.88 Å². The van der Waals surface area contributed by atoms with E-state index in [-0.39, 0.29) is 16.7 Å². The van der Waals surface area contributed by atoms with Crippen LogP contribution < -0.4 is 5.32 Å². The molecule has 144 valence electrons. The van der Waals surface area contributed by atoms with Crippen molar-refractivity contribution in [1.29, 1.82) is 0 Å². The number of anilines is 1. The minimum Gasteiger partial charge on any atom is -0.320 e. The Balaban J connectivity index is 1.39. The van der Waals surface area contributed by atoms with Gasteiger partial charge in [0.1, 0.15) is 16.6 Å². The molecule has 1 N–H and O–H groups in total. The molecule has 3 aromatic rings. The summed E-state index contributed by atoms with van der Waals surface area (Å²) in [5, 5.41) is 21.1. The predicted molar refractivity (Wildman–Crippen MR) is 106 cm³/mol. The largest absolute Gasteiger partial charge is 0.320 e. The number of nitrogens with zero attached hydrogens (tertiary/aromatic N) is 5. The molecule has 1 saturated carbocycles. The number of aromatic nitrogens is 5. The number of allylic oxidation sites excluding steroid dienone is 1. The third kappa shape index (κ3) is 4.28. The highest BCUT2D eigenvalue weighted by molar-refractivity contribution is 7.98. The zero-order chi connectivity index (χ0) is 19.5. The molecule has 0 atom stereocenters. The van der Waals surface area contributed by atoms with Crippen LogP contribution in [0.3, 0.4) is 0 Å². The van der Waals surface area contributed by atoms with E-state index < -0.39 is 0 Å². The van der Waals surface area contributed by atoms with Gasteiger partial charge >= 0.3 is 0 Å². The highest BCUT2D eigenvalue weighted by atomic mass is 32.2. The maximum atomic E-state index is 12.9. The van der Waals surface area contributed by atoms with Crippen molar-refractivity contribution in [3.8, 4) is 0 Å². The first kappa shape index (κ1) is 18.8. The predicted octanol–water partition coefficient (Wildman–Crippen LogP) is 3.88. The number of hydrogen-bond donors (Lipinski definition) is 1. The first-order chi connectivity index (χ1) is 13.6. The fourth-order valence-electron chi connectivity index (χ4n) is 2.60. The zero-order valence-corrected chi connectivity index (χ0v) is 16.5. The van der Waals surface area contributed by atoms with E-state index in [2.05, 4.69) is 36.9 Å². The third-order valence-corrected chi connectivity index (χ3v) is 6.17. The van der Waals surface area contributed by atoms with E-state index in [1.165, 1.54) is 47.4 Å². The van der Waals surface area contributed by atoms with E-state index in [0.717, 1.165) is 28.8 Å². The molecular formula is C18H17FN6OS2. The number of carbonyl (C=O) groups is 1. The van der Waals surface area contributed by atoms with Crippen molar-refractivity contribution in [2.24, 2.45) is 0 Å². The van der Waals surface area contributed by atoms with Crippen molar-refractivity contribution in [2.45, 2.75) is 36.2 Å². The van der Waals surface area contributed by atoms with Gasteiger partial charge in [-0.1, -0.05) is 29.2 Å². The summed E-state index contributed by atoms with van der Waals surface area (Å²) in [6.45, 7) is 4.48. The van der Waals surface area contributed by atoms with Gasteiger partial charge in [-0.05, 0) is 37.1 Å². The molecule has 2 heterocycles. The van der Waals surface area contributed by atoms with Crippen LogP contribution in [-0.4, -0.2) is 30.9 Å². The third-order valence-electron chi connectivity index (χ3n) is 4.09. The molecule has 28 heavy (non-hydrogen) atoms. The van der Waals surface area contributed by atoms with E-state index in [0.29, 0.717) is 23.9 Å². The number of halogens is 1. The molecule has 10 heteroatoms. The number of benzene rings is 1. The molecule has 0 radical (unpaired) electrons. The van der Waals surface area contributed by atoms with Crippen molar-refractivity contribution in [3.05, 3.63) is 58.6 Å². The second-order valence-electron chi connectivity index (χ2n) is 6.26. The van der Waals surface area contributed by atoms with Crippen molar-refractivity contribution < 1.29 is 9.18 Å². The summed E-state index contributed by atoms with van der Waals surface area (Å²) in [7, 11) is 0. The highest BCUT2D eigenvalue weighted by Crippen LogP contribution is 2.40. The Bertz CT molecular complexity index is 996. The first-order valence-electron chi connectivity index (χ1n) is 8.70. The molecule has 1 fully saturated rings. The van der Waals surface area contributed by atoms with Gasteiger partial charge in [-0.25, -0.2) is 4.39 Å². The molecule has 4 rings (SSSR count). The Morgan fingerprint density at radius 3 is 2.79 bits per heavy atom. The van der Waals surface area contributed by atoms with Gasteiger partial charge in [0.25, 0.3) is 5.91 Å². The Kier molecular flexibility index (Phi) is 5.49. The lowest BCUT2D eigenvalue weighted by atomic mass is 10.3. The average Bonchev–Trinajstić information content (AvgIpc) is 3.28. The van der Waals surface area contributed by atoms with Crippen LogP contribution in [0.5, 0.6) is 0 Å². The molecule has 0 aliphatic heterocycles. The number of thioether (sulfide) groups is 1. The quantitative estimate of drug-likeness (QED) is 0.443. The summed E-state index contributed by atoms with van der Waals surface area (Å²) in [4.78, 5) is 12.3. The minimum absolute atomic E-state index is 0.256. The van der Waals surface area contributed by atoms with Crippen LogP contribution in [0.4, 0.5) is 10.1 Å². The molecule has 0 unspecified atom stereocenters. The normalized spacial score (nSPS) is 13.5. The van der Waals surface area contributed by atoms with Crippen LogP contribution in [0.25, 0.3) is 0 Å². The first-order valence-corrected chi connectivity index (χ1v) is 10.5. The summed E-state index contributed by atoms with van der Waals surface area (Å²) in [5.74, 6) is 1.33. The van der Waals surface area contributed by atoms with Crippen molar-refractivity contribution in [3.63, 3.8) is 0 Å². The molecule has 0 saturated heterocycles. The Morgan fingerprint density at radius 2 is 2.07 bits per heavy atom. The molecule has 1 aromatic carbocycles. The van der Waals surface area contributed by atoms with E-state index in [1.54, 1.807) is 0 Å². The lowest BCUT2D eigenvalue weighted by Gasteiger charge is -2.05. The van der Waals surface area contributed by atoms with Gasteiger partial charge in [0.05, 0.1) is 5.75 Å². The molecule has 1 amide bonds. The Morgan fingerprint density at radius 1 is 1.29 bits per heavy atom. The fraction of sp³-hybridized carbons (Fsp3) is 0.278. The van der Waals surface area contributed by atoms with Crippen LogP contribution >= 0.6 is 23.1 Å².